The molecule has 226 valence electrons. The maximum absolute atomic E-state index is 4.86. The highest BCUT2D eigenvalue weighted by Crippen LogP contribution is 2.41. The van der Waals surface area contributed by atoms with Gasteiger partial charge in [0.05, 0.1) is 5.39 Å². The van der Waals surface area contributed by atoms with Gasteiger partial charge in [-0.25, -0.2) is 15.0 Å². The molecule has 43 heavy (non-hydrogen) atoms. The van der Waals surface area contributed by atoms with Gasteiger partial charge < -0.3 is 25.0 Å². The zero-order valence-electron chi connectivity index (χ0n) is 26.8. The number of piperazine rings is 1. The smallest absolute Gasteiger partial charge is 0.229 e. The van der Waals surface area contributed by atoms with Crippen LogP contribution in [-0.2, 0) is 7.05 Å². The summed E-state index contributed by atoms with van der Waals surface area (Å²) in [5, 5.41) is 7.57. The highest BCUT2D eigenvalue weighted by Gasteiger charge is 2.41. The van der Waals surface area contributed by atoms with Crippen molar-refractivity contribution in [2.24, 2.45) is 7.05 Å². The summed E-state index contributed by atoms with van der Waals surface area (Å²) in [6, 6.07) is 10.5. The first-order chi connectivity index (χ1) is 20.6. The number of hydrogen-bond acceptors (Lipinski definition) is 8. The number of hydrogen-bond donors (Lipinski definition) is 2. The Balaban J connectivity index is 1.49. The van der Waals surface area contributed by atoms with Crippen molar-refractivity contribution in [2.45, 2.75) is 58.2 Å². The molecule has 9 nitrogen and oxygen atoms in total. The Hall–Kier alpha value is -3.94. The van der Waals surface area contributed by atoms with Gasteiger partial charge in [-0.2, -0.15) is 4.98 Å². The first-order valence-corrected chi connectivity index (χ1v) is 17.6. The van der Waals surface area contributed by atoms with Crippen LogP contribution in [0.5, 0.6) is 0 Å². The van der Waals surface area contributed by atoms with Crippen molar-refractivity contribution >= 4 is 48.2 Å². The summed E-state index contributed by atoms with van der Waals surface area (Å²) in [5.41, 5.74) is 9.09. The quantitative estimate of drug-likeness (QED) is 0.175. The zero-order valence-corrected chi connectivity index (χ0v) is 27.8. The van der Waals surface area contributed by atoms with Crippen molar-refractivity contribution in [3.05, 3.63) is 54.5 Å². The van der Waals surface area contributed by atoms with Crippen LogP contribution < -0.4 is 15.5 Å². The van der Waals surface area contributed by atoms with E-state index < -0.39 is 8.07 Å². The van der Waals surface area contributed by atoms with E-state index in [1.807, 2.05) is 30.1 Å². The minimum Gasteiger partial charge on any atom is -0.369 e. The normalized spacial score (nSPS) is 14.4. The molecule has 0 saturated carbocycles. The monoisotopic (exact) mass is 595 g/mol. The van der Waals surface area contributed by atoms with Crippen LogP contribution in [0.3, 0.4) is 0 Å². The number of nitrogens with zero attached hydrogens (tertiary/aromatic N) is 7. The van der Waals surface area contributed by atoms with Crippen LogP contribution in [0.4, 0.5) is 29.1 Å². The molecule has 1 aromatic carbocycles. The highest BCUT2D eigenvalue weighted by atomic mass is 28.3. The largest absolute Gasteiger partial charge is 0.369 e. The molecule has 4 heterocycles. The predicted molar refractivity (Wildman–Crippen MR) is 181 cm³/mol. The van der Waals surface area contributed by atoms with Crippen LogP contribution in [-0.4, -0.2) is 70.7 Å². The van der Waals surface area contributed by atoms with Gasteiger partial charge in [-0.15, -0.1) is 5.54 Å². The molecule has 0 radical (unpaired) electrons. The average Bonchev–Trinajstić information content (AvgIpc) is 3.37. The molecule has 1 saturated heterocycles. The molecule has 0 unspecified atom stereocenters. The molecular weight excluding hydrogens is 551 g/mol. The first kappa shape index (κ1) is 30.5. The van der Waals surface area contributed by atoms with Gasteiger partial charge in [0.1, 0.15) is 13.9 Å². The first-order valence-electron chi connectivity index (χ1n) is 15.3. The van der Waals surface area contributed by atoms with Crippen molar-refractivity contribution in [1.82, 2.24) is 29.4 Å². The van der Waals surface area contributed by atoms with Gasteiger partial charge >= 0.3 is 0 Å². The molecular formula is C33H45N9Si. The lowest BCUT2D eigenvalue weighted by Gasteiger charge is -2.38. The summed E-state index contributed by atoms with van der Waals surface area (Å²) in [5.74, 6) is 5.46. The number of rotatable bonds is 8. The molecule has 0 amide bonds. The van der Waals surface area contributed by atoms with Crippen molar-refractivity contribution in [3.63, 3.8) is 0 Å². The van der Waals surface area contributed by atoms with E-state index in [9.17, 15) is 0 Å². The Morgan fingerprint density at radius 3 is 2.12 bits per heavy atom. The van der Waals surface area contributed by atoms with Gasteiger partial charge in [0.2, 0.25) is 11.9 Å². The van der Waals surface area contributed by atoms with Crippen molar-refractivity contribution in [1.29, 1.82) is 0 Å². The van der Waals surface area contributed by atoms with Gasteiger partial charge in [-0.1, -0.05) is 47.5 Å². The summed E-state index contributed by atoms with van der Waals surface area (Å²) < 4.78 is 1.92. The fraction of sp³-hybridized carbons (Fsp3) is 0.455. The molecule has 0 spiro atoms. The third-order valence-corrected chi connectivity index (χ3v) is 15.2. The minimum atomic E-state index is -1.95. The summed E-state index contributed by atoms with van der Waals surface area (Å²) >= 11 is 0. The lowest BCUT2D eigenvalue weighted by atomic mass is 10.2. The molecule has 1 aliphatic rings. The average molecular weight is 596 g/mol. The molecule has 2 N–H and O–H groups in total. The van der Waals surface area contributed by atoms with Crippen molar-refractivity contribution < 1.29 is 0 Å². The number of benzene rings is 1. The Morgan fingerprint density at radius 1 is 0.837 bits per heavy atom. The maximum atomic E-state index is 4.86. The number of imidazole rings is 1. The third-order valence-electron chi connectivity index (χ3n) is 8.90. The van der Waals surface area contributed by atoms with E-state index in [0.717, 1.165) is 42.8 Å². The SMILES string of the molecule is CC(C)[Si](C#Cc1cc(Nc2nccn2C)nc2nc(Nc3ccc(N4CCN(C)CC4)cc3)ncc12)(C(C)C)C(C)C. The molecule has 5 rings (SSSR count). The molecule has 10 heteroatoms. The second kappa shape index (κ2) is 12.7. The number of likely N-dealkylation sites (N-methyl/N-ethyl adjacent to an activating group) is 1. The maximum Gasteiger partial charge on any atom is 0.229 e. The summed E-state index contributed by atoms with van der Waals surface area (Å²) in [4.78, 5) is 23.6. The number of aromatic nitrogens is 5. The lowest BCUT2D eigenvalue weighted by Crippen LogP contribution is -2.44. The molecule has 4 aromatic rings. The molecule has 1 fully saturated rings. The summed E-state index contributed by atoms with van der Waals surface area (Å²) in [6.45, 7) is 18.2. The van der Waals surface area contributed by atoms with Gasteiger partial charge in [0.15, 0.2) is 5.65 Å². The number of anilines is 5. The number of fused-ring (bicyclic) bond motifs is 1. The number of aryl methyl sites for hydroxylation is 1. The van der Waals surface area contributed by atoms with Gasteiger partial charge in [0, 0.05) is 68.8 Å². The summed E-state index contributed by atoms with van der Waals surface area (Å²) in [6.07, 6.45) is 5.50. The van der Waals surface area contributed by atoms with Crippen LogP contribution in [0.1, 0.15) is 47.1 Å². The van der Waals surface area contributed by atoms with Crippen LogP contribution in [0.2, 0.25) is 16.6 Å². The van der Waals surface area contributed by atoms with E-state index in [-0.39, 0.29) is 0 Å². The molecule has 0 atom stereocenters. The van der Waals surface area contributed by atoms with E-state index in [1.54, 1.807) is 6.20 Å². The second-order valence-corrected chi connectivity index (χ2v) is 18.2. The van der Waals surface area contributed by atoms with Crippen LogP contribution in [0.25, 0.3) is 11.0 Å². The van der Waals surface area contributed by atoms with E-state index in [0.29, 0.717) is 40.0 Å². The zero-order chi connectivity index (χ0) is 30.7. The van der Waals surface area contributed by atoms with Gasteiger partial charge in [0.25, 0.3) is 0 Å². The highest BCUT2D eigenvalue weighted by molar-refractivity contribution is 6.90. The molecule has 0 bridgehead atoms. The lowest BCUT2D eigenvalue weighted by molar-refractivity contribution is 0.313. The fourth-order valence-corrected chi connectivity index (χ4v) is 11.6. The second-order valence-electron chi connectivity index (χ2n) is 12.6. The molecule has 1 aliphatic heterocycles. The third kappa shape index (κ3) is 6.53. The van der Waals surface area contributed by atoms with E-state index in [2.05, 4.69) is 115 Å². The van der Waals surface area contributed by atoms with Crippen LogP contribution >= 0.6 is 0 Å². The predicted octanol–water partition coefficient (Wildman–Crippen LogP) is 6.57. The Morgan fingerprint density at radius 2 is 1.51 bits per heavy atom. The Bertz CT molecular complexity index is 1590. The van der Waals surface area contributed by atoms with E-state index in [4.69, 9.17) is 9.97 Å². The van der Waals surface area contributed by atoms with Gasteiger partial charge in [-0.3, -0.25) is 0 Å². The van der Waals surface area contributed by atoms with E-state index >= 15 is 0 Å². The van der Waals surface area contributed by atoms with Crippen molar-refractivity contribution in [3.8, 4) is 11.5 Å². The topological polar surface area (TPSA) is 87.0 Å². The number of pyridine rings is 1. The Kier molecular flexibility index (Phi) is 9.04. The van der Waals surface area contributed by atoms with Gasteiger partial charge in [-0.05, 0) is 54.0 Å². The van der Waals surface area contributed by atoms with Crippen LogP contribution in [0, 0.1) is 11.5 Å². The van der Waals surface area contributed by atoms with Crippen molar-refractivity contribution in [2.75, 3.05) is 48.8 Å². The fourth-order valence-electron chi connectivity index (χ4n) is 6.40. The van der Waals surface area contributed by atoms with E-state index in [1.165, 1.54) is 5.69 Å². The number of nitrogens with one attached hydrogen (secondary N) is 2. The standard InChI is InChI=1S/C33H45N9Si/c1-23(2)43(24(3)4,25(5)6)20-13-26-21-30(38-33-34-14-15-41(33)8)37-31-29(26)22-35-32(39-31)36-27-9-11-28(12-10-27)42-18-16-40(7)17-19-42/h9-12,14-15,21-25H,16-19H2,1-8H3,(H2,34,35,36,37,38,39). The van der Waals surface area contributed by atoms with Crippen LogP contribution in [0.15, 0.2) is 48.9 Å². The summed E-state index contributed by atoms with van der Waals surface area (Å²) in [7, 11) is 2.18. The molecule has 3 aromatic heterocycles. The minimum absolute atomic E-state index is 0.496. The Labute approximate surface area is 257 Å². The molecule has 0 aliphatic carbocycles.